The molecule has 1 aromatic carbocycles. The number of carbonyl (C=O) groups excluding carboxylic acids is 1. The fraction of sp³-hybridized carbons (Fsp3) is 0.429. The number of carboxylic acids is 1. The molecule has 2 amide bonds. The van der Waals surface area contributed by atoms with Crippen molar-refractivity contribution in [3.63, 3.8) is 0 Å². The van der Waals surface area contributed by atoms with Crippen molar-refractivity contribution in [3.05, 3.63) is 29.8 Å². The van der Waals surface area contributed by atoms with Crippen LogP contribution in [0.3, 0.4) is 0 Å². The van der Waals surface area contributed by atoms with Crippen molar-refractivity contribution in [2.75, 3.05) is 18.1 Å². The fourth-order valence-corrected chi connectivity index (χ4v) is 1.85. The van der Waals surface area contributed by atoms with E-state index in [0.29, 0.717) is 12.2 Å². The summed E-state index contributed by atoms with van der Waals surface area (Å²) in [7, 11) is 0. The number of aryl methyl sites for hydroxylation is 1. The van der Waals surface area contributed by atoms with Crippen LogP contribution in [0, 0.1) is 6.92 Å². The van der Waals surface area contributed by atoms with Crippen molar-refractivity contribution in [1.82, 2.24) is 5.32 Å². The molecule has 0 aliphatic rings. The second-order valence-electron chi connectivity index (χ2n) is 4.44. The summed E-state index contributed by atoms with van der Waals surface area (Å²) in [4.78, 5) is 24.6. The first-order valence-electron chi connectivity index (χ1n) is 6.48. The lowest BCUT2D eigenvalue weighted by Crippen LogP contribution is -2.48. The third kappa shape index (κ3) is 4.24. The van der Waals surface area contributed by atoms with Crippen molar-refractivity contribution in [1.29, 1.82) is 0 Å². The summed E-state index contributed by atoms with van der Waals surface area (Å²) in [6.07, 6.45) is -0.0214. The van der Waals surface area contributed by atoms with Crippen LogP contribution in [0.5, 0.6) is 0 Å². The third-order valence-electron chi connectivity index (χ3n) is 2.89. The number of nitrogens with one attached hydrogen (secondary N) is 1. The van der Waals surface area contributed by atoms with E-state index in [1.165, 1.54) is 4.90 Å². The standard InChI is InChI=1S/C14H20N2O4/c1-3-16(11-6-4-5-10(2)9-11)14(20)15-12(7-8-17)13(18)19/h4-6,9,12,17H,3,7-8H2,1-2H3,(H,15,20)(H,18,19)/t12-/m0/s1. The molecular formula is C14H20N2O4. The first kappa shape index (κ1) is 16.0. The van der Waals surface area contributed by atoms with Gasteiger partial charge in [0.2, 0.25) is 0 Å². The van der Waals surface area contributed by atoms with Gasteiger partial charge >= 0.3 is 12.0 Å². The lowest BCUT2D eigenvalue weighted by atomic mass is 10.2. The van der Waals surface area contributed by atoms with Crippen LogP contribution in [0.4, 0.5) is 10.5 Å². The number of amides is 2. The van der Waals surface area contributed by atoms with Crippen molar-refractivity contribution in [2.45, 2.75) is 26.3 Å². The molecule has 6 heteroatoms. The van der Waals surface area contributed by atoms with Gasteiger partial charge in [-0.2, -0.15) is 0 Å². The van der Waals surface area contributed by atoms with Crippen LogP contribution in [0.1, 0.15) is 18.9 Å². The lowest BCUT2D eigenvalue weighted by molar-refractivity contribution is -0.139. The maximum atomic E-state index is 12.1. The topological polar surface area (TPSA) is 89.9 Å². The Bertz CT molecular complexity index is 476. The van der Waals surface area contributed by atoms with E-state index in [0.717, 1.165) is 5.56 Å². The molecule has 0 spiro atoms. The number of rotatable bonds is 6. The molecule has 0 saturated heterocycles. The highest BCUT2D eigenvalue weighted by Crippen LogP contribution is 2.16. The van der Waals surface area contributed by atoms with Crippen LogP contribution in [0.25, 0.3) is 0 Å². The summed E-state index contributed by atoms with van der Waals surface area (Å²) in [6, 6.07) is 5.82. The highest BCUT2D eigenvalue weighted by atomic mass is 16.4. The van der Waals surface area contributed by atoms with Crippen LogP contribution < -0.4 is 10.2 Å². The molecule has 0 saturated carbocycles. The summed E-state index contributed by atoms with van der Waals surface area (Å²) in [5.41, 5.74) is 1.72. The van der Waals surface area contributed by atoms with Gasteiger partial charge in [0.25, 0.3) is 0 Å². The van der Waals surface area contributed by atoms with Crippen LogP contribution >= 0.6 is 0 Å². The normalized spacial score (nSPS) is 11.8. The van der Waals surface area contributed by atoms with Crippen molar-refractivity contribution < 1.29 is 19.8 Å². The summed E-state index contributed by atoms with van der Waals surface area (Å²) >= 11 is 0. The van der Waals surface area contributed by atoms with E-state index in [2.05, 4.69) is 5.32 Å². The van der Waals surface area contributed by atoms with Gasteiger partial charge in [-0.25, -0.2) is 9.59 Å². The van der Waals surface area contributed by atoms with Gasteiger partial charge in [0.05, 0.1) is 0 Å². The number of aliphatic carboxylic acids is 1. The van der Waals surface area contributed by atoms with Crippen LogP contribution in [-0.2, 0) is 4.79 Å². The van der Waals surface area contributed by atoms with Crippen LogP contribution in [0.15, 0.2) is 24.3 Å². The second-order valence-corrected chi connectivity index (χ2v) is 4.44. The molecule has 1 rings (SSSR count). The van der Waals surface area contributed by atoms with E-state index in [4.69, 9.17) is 10.2 Å². The molecular weight excluding hydrogens is 260 g/mol. The Morgan fingerprint density at radius 1 is 1.40 bits per heavy atom. The molecule has 6 nitrogen and oxygen atoms in total. The maximum absolute atomic E-state index is 12.1. The number of hydrogen-bond acceptors (Lipinski definition) is 3. The summed E-state index contributed by atoms with van der Waals surface area (Å²) < 4.78 is 0. The van der Waals surface area contributed by atoms with E-state index in [1.807, 2.05) is 32.0 Å². The van der Waals surface area contributed by atoms with Gasteiger partial charge in [-0.3, -0.25) is 4.90 Å². The molecule has 0 fully saturated rings. The Kier molecular flexibility index (Phi) is 5.99. The monoisotopic (exact) mass is 280 g/mol. The van der Waals surface area contributed by atoms with Gasteiger partial charge < -0.3 is 15.5 Å². The van der Waals surface area contributed by atoms with E-state index in [1.54, 1.807) is 6.07 Å². The number of aliphatic hydroxyl groups is 1. The Morgan fingerprint density at radius 3 is 2.60 bits per heavy atom. The maximum Gasteiger partial charge on any atom is 0.326 e. The molecule has 0 radical (unpaired) electrons. The summed E-state index contributed by atoms with van der Waals surface area (Å²) in [5, 5.41) is 20.2. The largest absolute Gasteiger partial charge is 0.480 e. The number of carboxylic acid groups (broad SMARTS) is 1. The predicted octanol–water partition coefficient (Wildman–Crippen LogP) is 1.37. The van der Waals surface area contributed by atoms with Crippen molar-refractivity contribution in [2.24, 2.45) is 0 Å². The van der Waals surface area contributed by atoms with Gasteiger partial charge in [0, 0.05) is 25.3 Å². The predicted molar refractivity (Wildman–Crippen MR) is 75.9 cm³/mol. The minimum absolute atomic E-state index is 0.0214. The number of hydrogen-bond donors (Lipinski definition) is 3. The van der Waals surface area contributed by atoms with E-state index in [9.17, 15) is 9.59 Å². The Labute approximate surface area is 118 Å². The molecule has 0 aliphatic carbocycles. The third-order valence-corrected chi connectivity index (χ3v) is 2.89. The van der Waals surface area contributed by atoms with Gasteiger partial charge in [-0.05, 0) is 31.5 Å². The zero-order valence-electron chi connectivity index (χ0n) is 11.7. The number of nitrogens with zero attached hydrogens (tertiary/aromatic N) is 1. The molecule has 1 aromatic rings. The number of aliphatic hydroxyl groups excluding tert-OH is 1. The highest BCUT2D eigenvalue weighted by Gasteiger charge is 2.22. The summed E-state index contributed by atoms with van der Waals surface area (Å²) in [6.45, 7) is 3.85. The minimum atomic E-state index is -1.16. The quantitative estimate of drug-likeness (QED) is 0.734. The Hall–Kier alpha value is -2.08. The molecule has 110 valence electrons. The fourth-order valence-electron chi connectivity index (χ4n) is 1.85. The van der Waals surface area contributed by atoms with Gasteiger partial charge in [-0.1, -0.05) is 12.1 Å². The Balaban J connectivity index is 2.84. The van der Waals surface area contributed by atoms with Crippen LogP contribution in [0.2, 0.25) is 0 Å². The molecule has 0 bridgehead atoms. The molecule has 0 heterocycles. The molecule has 0 aliphatic heterocycles. The SMILES string of the molecule is CCN(C(=O)N[C@@H](CCO)C(=O)O)c1cccc(C)c1. The van der Waals surface area contributed by atoms with E-state index < -0.39 is 18.0 Å². The average Bonchev–Trinajstić information content (AvgIpc) is 2.39. The zero-order chi connectivity index (χ0) is 15.1. The van der Waals surface area contributed by atoms with Gasteiger partial charge in [0.1, 0.15) is 6.04 Å². The lowest BCUT2D eigenvalue weighted by Gasteiger charge is -2.24. The second kappa shape index (κ2) is 7.49. The Morgan fingerprint density at radius 2 is 2.10 bits per heavy atom. The number of urea groups is 1. The van der Waals surface area contributed by atoms with Crippen molar-refractivity contribution >= 4 is 17.7 Å². The van der Waals surface area contributed by atoms with Gasteiger partial charge in [-0.15, -0.1) is 0 Å². The molecule has 0 aromatic heterocycles. The molecule has 1 atom stereocenters. The number of anilines is 1. The summed E-state index contributed by atoms with van der Waals surface area (Å²) in [5.74, 6) is -1.16. The smallest absolute Gasteiger partial charge is 0.326 e. The van der Waals surface area contributed by atoms with Gasteiger partial charge in [0.15, 0.2) is 0 Å². The first-order chi connectivity index (χ1) is 9.49. The van der Waals surface area contributed by atoms with E-state index in [-0.39, 0.29) is 13.0 Å². The minimum Gasteiger partial charge on any atom is -0.480 e. The van der Waals surface area contributed by atoms with Crippen molar-refractivity contribution in [3.8, 4) is 0 Å². The zero-order valence-corrected chi connectivity index (χ0v) is 11.7. The molecule has 3 N–H and O–H groups in total. The number of carbonyl (C=O) groups is 2. The molecule has 0 unspecified atom stereocenters. The average molecular weight is 280 g/mol. The van der Waals surface area contributed by atoms with E-state index >= 15 is 0 Å². The number of benzene rings is 1. The van der Waals surface area contributed by atoms with Crippen LogP contribution in [-0.4, -0.2) is 41.4 Å². The first-order valence-corrected chi connectivity index (χ1v) is 6.48. The highest BCUT2D eigenvalue weighted by molar-refractivity contribution is 5.94. The molecule has 20 heavy (non-hydrogen) atoms.